The monoisotopic (exact) mass is 311 g/mol. The van der Waals surface area contributed by atoms with Crippen LogP contribution in [0.3, 0.4) is 0 Å². The summed E-state index contributed by atoms with van der Waals surface area (Å²) in [5.74, 6) is 0.585. The predicted molar refractivity (Wildman–Crippen MR) is 93.7 cm³/mol. The predicted octanol–water partition coefficient (Wildman–Crippen LogP) is 4.00. The molecular weight excluding hydrogens is 278 g/mol. The van der Waals surface area contributed by atoms with Crippen molar-refractivity contribution in [3.8, 4) is 0 Å². The topological polar surface area (TPSA) is 47.6 Å². The molecule has 1 amide bonds. The molecule has 0 saturated carbocycles. The minimum Gasteiger partial charge on any atom is -0.494 e. The van der Waals surface area contributed by atoms with Crippen LogP contribution in [0.5, 0.6) is 0 Å². The van der Waals surface area contributed by atoms with Gasteiger partial charge in [-0.3, -0.25) is 4.79 Å². The zero-order chi connectivity index (χ0) is 17.2. The second-order valence-corrected chi connectivity index (χ2v) is 4.63. The van der Waals surface area contributed by atoms with Gasteiger partial charge in [-0.25, -0.2) is 0 Å². The maximum atomic E-state index is 10.9. The highest BCUT2D eigenvalue weighted by molar-refractivity contribution is 5.76. The van der Waals surface area contributed by atoms with Crippen molar-refractivity contribution < 1.29 is 14.3 Å². The summed E-state index contributed by atoms with van der Waals surface area (Å²) in [6, 6.07) is 0. The van der Waals surface area contributed by atoms with E-state index in [0.29, 0.717) is 19.0 Å². The van der Waals surface area contributed by atoms with E-state index in [4.69, 9.17) is 9.47 Å². The molecule has 0 aromatic heterocycles. The van der Waals surface area contributed by atoms with Crippen LogP contribution in [-0.4, -0.2) is 32.8 Å². The van der Waals surface area contributed by atoms with E-state index in [1.807, 2.05) is 32.9 Å². The first-order valence-electron chi connectivity index (χ1n) is 8.00. The summed E-state index contributed by atoms with van der Waals surface area (Å²) in [5, 5.41) is 2.51. The number of hydrogen-bond acceptors (Lipinski definition) is 3. The molecule has 128 valence electrons. The largest absolute Gasteiger partial charge is 0.494 e. The van der Waals surface area contributed by atoms with Crippen molar-refractivity contribution in [2.45, 2.75) is 46.5 Å². The molecule has 0 aromatic carbocycles. The van der Waals surface area contributed by atoms with Crippen LogP contribution >= 0.6 is 0 Å². The lowest BCUT2D eigenvalue weighted by atomic mass is 10.2. The third-order valence-corrected chi connectivity index (χ3v) is 2.54. The first-order chi connectivity index (χ1) is 10.6. The molecule has 22 heavy (non-hydrogen) atoms. The summed E-state index contributed by atoms with van der Waals surface area (Å²) in [4.78, 5) is 10.9. The Labute approximate surface area is 136 Å². The summed E-state index contributed by atoms with van der Waals surface area (Å²) >= 11 is 0. The summed E-state index contributed by atoms with van der Waals surface area (Å²) in [6.45, 7) is 15.0. The molecule has 0 aliphatic rings. The molecule has 0 radical (unpaired) electrons. The second-order valence-electron chi connectivity index (χ2n) is 4.63. The van der Waals surface area contributed by atoms with Crippen molar-refractivity contribution in [2.24, 2.45) is 0 Å². The van der Waals surface area contributed by atoms with Gasteiger partial charge in [-0.15, -0.1) is 0 Å². The molecule has 0 rings (SSSR count). The molecular formula is C18H33NO3. The first kappa shape index (κ1) is 22.7. The van der Waals surface area contributed by atoms with Crippen LogP contribution in [0.25, 0.3) is 0 Å². The highest BCUT2D eigenvalue weighted by Gasteiger charge is 1.97. The Morgan fingerprint density at radius 1 is 1.05 bits per heavy atom. The Kier molecular flexibility index (Phi) is 18.1. The lowest BCUT2D eigenvalue weighted by molar-refractivity contribution is -0.125. The fourth-order valence-corrected chi connectivity index (χ4v) is 1.38. The van der Waals surface area contributed by atoms with Crippen molar-refractivity contribution in [1.29, 1.82) is 0 Å². The van der Waals surface area contributed by atoms with Crippen molar-refractivity contribution in [3.05, 3.63) is 36.6 Å². The zero-order valence-electron chi connectivity index (χ0n) is 14.7. The zero-order valence-corrected chi connectivity index (χ0v) is 14.7. The smallest absolute Gasteiger partial charge is 0.245 e. The van der Waals surface area contributed by atoms with Crippen molar-refractivity contribution >= 4 is 5.91 Å². The van der Waals surface area contributed by atoms with Gasteiger partial charge < -0.3 is 14.8 Å². The standard InChI is InChI=1S/C16H27NO3.C2H6/c1-14(2)9-10-15(3)20-12-8-6-5-7-11-19-13-16(18)17-4;1-2/h9-10H,1,3,5-8,11-13H2,2,4H3,(H,17,18);1-2H3/b10-9-;. The van der Waals surface area contributed by atoms with Gasteiger partial charge in [-0.05, 0) is 32.3 Å². The Morgan fingerprint density at radius 2 is 1.64 bits per heavy atom. The van der Waals surface area contributed by atoms with E-state index in [1.54, 1.807) is 7.05 Å². The SMILES string of the molecule is C=C(C)/C=C\C(=C)OCCCCCCOCC(=O)NC.CC. The van der Waals surface area contributed by atoms with Gasteiger partial charge in [0.2, 0.25) is 5.91 Å². The molecule has 0 spiro atoms. The minimum absolute atomic E-state index is 0.0836. The van der Waals surface area contributed by atoms with Gasteiger partial charge in [0, 0.05) is 13.7 Å². The van der Waals surface area contributed by atoms with E-state index in [2.05, 4.69) is 18.5 Å². The molecule has 0 aliphatic carbocycles. The molecule has 0 fully saturated rings. The number of likely N-dealkylation sites (N-methyl/N-ethyl adjacent to an activating group) is 1. The van der Waals surface area contributed by atoms with Gasteiger partial charge in [-0.1, -0.05) is 45.1 Å². The van der Waals surface area contributed by atoms with Gasteiger partial charge in [0.15, 0.2) is 0 Å². The van der Waals surface area contributed by atoms with E-state index in [9.17, 15) is 4.79 Å². The molecule has 0 bridgehead atoms. The van der Waals surface area contributed by atoms with Crippen LogP contribution in [0, 0.1) is 0 Å². The number of allylic oxidation sites excluding steroid dienone is 3. The van der Waals surface area contributed by atoms with E-state index >= 15 is 0 Å². The number of nitrogens with one attached hydrogen (secondary N) is 1. The highest BCUT2D eigenvalue weighted by Crippen LogP contribution is 2.04. The van der Waals surface area contributed by atoms with Crippen LogP contribution < -0.4 is 5.32 Å². The number of carbonyl (C=O) groups is 1. The van der Waals surface area contributed by atoms with E-state index in [1.165, 1.54) is 0 Å². The molecule has 0 atom stereocenters. The average Bonchev–Trinajstić information content (AvgIpc) is 2.52. The van der Waals surface area contributed by atoms with Crippen molar-refractivity contribution in [1.82, 2.24) is 5.32 Å². The van der Waals surface area contributed by atoms with Crippen LogP contribution in [0.2, 0.25) is 0 Å². The number of hydrogen-bond donors (Lipinski definition) is 1. The lowest BCUT2D eigenvalue weighted by Crippen LogP contribution is -2.23. The summed E-state index contributed by atoms with van der Waals surface area (Å²) in [7, 11) is 1.60. The number of amides is 1. The number of rotatable bonds is 12. The molecule has 1 N–H and O–H groups in total. The van der Waals surface area contributed by atoms with Gasteiger partial charge in [0.25, 0.3) is 0 Å². The Balaban J connectivity index is 0. The summed E-state index contributed by atoms with van der Waals surface area (Å²) in [5.41, 5.74) is 0.978. The molecule has 4 heteroatoms. The minimum atomic E-state index is -0.0836. The molecule has 4 nitrogen and oxygen atoms in total. The molecule has 0 aliphatic heterocycles. The maximum absolute atomic E-state index is 10.9. The summed E-state index contributed by atoms with van der Waals surface area (Å²) in [6.07, 6.45) is 7.83. The Bertz CT molecular complexity index is 335. The Morgan fingerprint density at radius 3 is 2.18 bits per heavy atom. The van der Waals surface area contributed by atoms with Gasteiger partial charge in [0.05, 0.1) is 6.61 Å². The third-order valence-electron chi connectivity index (χ3n) is 2.54. The van der Waals surface area contributed by atoms with Gasteiger partial charge in [0.1, 0.15) is 12.4 Å². The van der Waals surface area contributed by atoms with Gasteiger partial charge in [-0.2, -0.15) is 0 Å². The average molecular weight is 311 g/mol. The molecule has 0 saturated heterocycles. The number of unbranched alkanes of at least 4 members (excludes halogenated alkanes) is 3. The van der Waals surface area contributed by atoms with Crippen LogP contribution in [0.15, 0.2) is 36.6 Å². The molecule has 0 aromatic rings. The van der Waals surface area contributed by atoms with E-state index in [-0.39, 0.29) is 12.5 Å². The molecule has 0 heterocycles. The van der Waals surface area contributed by atoms with E-state index < -0.39 is 0 Å². The van der Waals surface area contributed by atoms with Gasteiger partial charge >= 0.3 is 0 Å². The normalized spacial score (nSPS) is 9.82. The third kappa shape index (κ3) is 18.4. The summed E-state index contributed by atoms with van der Waals surface area (Å²) < 4.78 is 10.7. The Hall–Kier alpha value is -1.55. The highest BCUT2D eigenvalue weighted by atomic mass is 16.5. The van der Waals surface area contributed by atoms with Crippen LogP contribution in [0.1, 0.15) is 46.5 Å². The lowest BCUT2D eigenvalue weighted by Gasteiger charge is -2.06. The molecule has 0 unspecified atom stereocenters. The first-order valence-corrected chi connectivity index (χ1v) is 8.00. The quantitative estimate of drug-likeness (QED) is 0.337. The van der Waals surface area contributed by atoms with E-state index in [0.717, 1.165) is 31.3 Å². The van der Waals surface area contributed by atoms with Crippen molar-refractivity contribution in [2.75, 3.05) is 26.9 Å². The van der Waals surface area contributed by atoms with Crippen LogP contribution in [-0.2, 0) is 14.3 Å². The fourth-order valence-electron chi connectivity index (χ4n) is 1.38. The van der Waals surface area contributed by atoms with Crippen molar-refractivity contribution in [3.63, 3.8) is 0 Å². The van der Waals surface area contributed by atoms with Crippen LogP contribution in [0.4, 0.5) is 0 Å². The fraction of sp³-hybridized carbons (Fsp3) is 0.611. The number of ether oxygens (including phenoxy) is 2. The number of carbonyl (C=O) groups excluding carboxylic acids is 1. The maximum Gasteiger partial charge on any atom is 0.245 e. The second kappa shape index (κ2) is 17.5.